The number of amides is 1. The third-order valence-electron chi connectivity index (χ3n) is 2.24. The number of halogens is 3. The Balaban J connectivity index is 2.48. The monoisotopic (exact) mass is 289 g/mol. The Morgan fingerprint density at radius 3 is 2.44 bits per heavy atom. The van der Waals surface area contributed by atoms with Gasteiger partial charge in [-0.1, -0.05) is 0 Å². The first-order chi connectivity index (χ1) is 7.49. The minimum absolute atomic E-state index is 0.0859. The summed E-state index contributed by atoms with van der Waals surface area (Å²) >= 11 is 2.97. The van der Waals surface area contributed by atoms with Crippen molar-refractivity contribution in [2.45, 2.75) is 6.42 Å². The number of carbonyl (C=O) groups excluding carboxylic acids is 2. The topological polar surface area (TPSA) is 37.4 Å². The van der Waals surface area contributed by atoms with Crippen LogP contribution in [0.4, 0.5) is 14.5 Å². The van der Waals surface area contributed by atoms with E-state index in [2.05, 4.69) is 15.9 Å². The Bertz CT molecular complexity index is 467. The highest BCUT2D eigenvalue weighted by molar-refractivity contribution is 9.10. The Hall–Kier alpha value is -1.30. The molecule has 1 amide bonds. The van der Waals surface area contributed by atoms with Gasteiger partial charge in [0.15, 0.2) is 11.6 Å². The van der Waals surface area contributed by atoms with E-state index in [-0.39, 0.29) is 28.9 Å². The predicted molar refractivity (Wildman–Crippen MR) is 56.0 cm³/mol. The second-order valence-electron chi connectivity index (χ2n) is 3.41. The lowest BCUT2D eigenvalue weighted by molar-refractivity contribution is -0.121. The van der Waals surface area contributed by atoms with Gasteiger partial charge in [0, 0.05) is 10.5 Å². The van der Waals surface area contributed by atoms with E-state index in [4.69, 9.17) is 0 Å². The van der Waals surface area contributed by atoms with Crippen LogP contribution in [0.2, 0.25) is 0 Å². The fourth-order valence-corrected chi connectivity index (χ4v) is 2.20. The number of benzene rings is 1. The minimum Gasteiger partial charge on any atom is -0.301 e. The molecule has 0 bridgehead atoms. The van der Waals surface area contributed by atoms with E-state index in [0.717, 1.165) is 11.0 Å². The lowest BCUT2D eigenvalue weighted by Gasteiger charge is -2.17. The van der Waals surface area contributed by atoms with Crippen molar-refractivity contribution in [3.8, 4) is 0 Å². The first kappa shape index (κ1) is 11.2. The molecule has 0 atom stereocenters. The molecular weight excluding hydrogens is 284 g/mol. The van der Waals surface area contributed by atoms with Crippen LogP contribution in [-0.4, -0.2) is 18.2 Å². The molecule has 1 aliphatic rings. The summed E-state index contributed by atoms with van der Waals surface area (Å²) < 4.78 is 26.4. The van der Waals surface area contributed by atoms with E-state index in [1.807, 2.05) is 0 Å². The van der Waals surface area contributed by atoms with Crippen molar-refractivity contribution in [1.82, 2.24) is 0 Å². The summed E-state index contributed by atoms with van der Waals surface area (Å²) in [5, 5.41) is 0. The van der Waals surface area contributed by atoms with Gasteiger partial charge in [-0.05, 0) is 22.0 Å². The molecule has 1 aromatic carbocycles. The van der Waals surface area contributed by atoms with Crippen molar-refractivity contribution >= 4 is 33.3 Å². The average molecular weight is 290 g/mol. The Labute approximate surface area is 98.2 Å². The molecule has 2 rings (SSSR count). The van der Waals surface area contributed by atoms with Gasteiger partial charge in [0.2, 0.25) is 5.91 Å². The zero-order valence-corrected chi connectivity index (χ0v) is 9.55. The zero-order valence-electron chi connectivity index (χ0n) is 7.97. The zero-order chi connectivity index (χ0) is 11.9. The van der Waals surface area contributed by atoms with Gasteiger partial charge < -0.3 is 4.90 Å². The minimum atomic E-state index is -0.866. The van der Waals surface area contributed by atoms with Gasteiger partial charge in [-0.15, -0.1) is 0 Å². The molecular formula is C10H6BrF2NO2. The maximum Gasteiger partial charge on any atom is 0.235 e. The highest BCUT2D eigenvalue weighted by Crippen LogP contribution is 2.32. The van der Waals surface area contributed by atoms with Crippen LogP contribution in [0.1, 0.15) is 6.42 Å². The van der Waals surface area contributed by atoms with Crippen molar-refractivity contribution < 1.29 is 18.4 Å². The van der Waals surface area contributed by atoms with Crippen LogP contribution < -0.4 is 4.90 Å². The number of nitrogens with zero attached hydrogens (tertiary/aromatic N) is 1. The van der Waals surface area contributed by atoms with E-state index in [0.29, 0.717) is 6.07 Å². The third-order valence-corrected chi connectivity index (χ3v) is 2.84. The van der Waals surface area contributed by atoms with E-state index < -0.39 is 17.5 Å². The molecule has 0 N–H and O–H groups in total. The van der Waals surface area contributed by atoms with Crippen molar-refractivity contribution in [3.63, 3.8) is 0 Å². The number of carbonyl (C=O) groups is 2. The number of rotatable bonds is 1. The molecule has 84 valence electrons. The summed E-state index contributed by atoms with van der Waals surface area (Å²) in [6.45, 7) is -0.167. The van der Waals surface area contributed by atoms with E-state index >= 15 is 0 Å². The van der Waals surface area contributed by atoms with Crippen molar-refractivity contribution in [1.29, 1.82) is 0 Å². The van der Waals surface area contributed by atoms with E-state index in [1.54, 1.807) is 0 Å². The van der Waals surface area contributed by atoms with Gasteiger partial charge in [0.1, 0.15) is 5.82 Å². The molecule has 1 aliphatic heterocycles. The predicted octanol–water partition coefficient (Wildman–Crippen LogP) is 2.03. The van der Waals surface area contributed by atoms with Crippen molar-refractivity contribution in [3.05, 3.63) is 28.2 Å². The van der Waals surface area contributed by atoms with Crippen LogP contribution >= 0.6 is 15.9 Å². The molecule has 1 heterocycles. The van der Waals surface area contributed by atoms with Crippen LogP contribution in [0.5, 0.6) is 0 Å². The summed E-state index contributed by atoms with van der Waals surface area (Å²) in [6, 6.07) is 1.73. The molecule has 3 nitrogen and oxygen atoms in total. The fourth-order valence-electron chi connectivity index (χ4n) is 1.58. The molecule has 0 spiro atoms. The molecule has 0 unspecified atom stereocenters. The maximum atomic E-state index is 13.5. The fraction of sp³-hybridized carbons (Fsp3) is 0.200. The quantitative estimate of drug-likeness (QED) is 0.742. The molecule has 0 saturated carbocycles. The van der Waals surface area contributed by atoms with Crippen LogP contribution in [0.15, 0.2) is 16.6 Å². The molecule has 1 aromatic rings. The normalized spacial score (nSPS) is 16.1. The number of hydrogen-bond donors (Lipinski definition) is 0. The standard InChI is InChI=1S/C10H6BrF2NO2/c11-7-1-5(12)2-8(13)10(7)14-4-6(15)3-9(14)16/h1-2H,3-4H2. The molecule has 6 heteroatoms. The van der Waals surface area contributed by atoms with Crippen molar-refractivity contribution in [2.24, 2.45) is 0 Å². The van der Waals surface area contributed by atoms with Crippen LogP contribution in [0.25, 0.3) is 0 Å². The Morgan fingerprint density at radius 1 is 1.25 bits per heavy atom. The molecule has 1 fully saturated rings. The van der Waals surface area contributed by atoms with Crippen LogP contribution in [-0.2, 0) is 9.59 Å². The molecule has 0 radical (unpaired) electrons. The van der Waals surface area contributed by atoms with Crippen LogP contribution in [0.3, 0.4) is 0 Å². The van der Waals surface area contributed by atoms with Gasteiger partial charge >= 0.3 is 0 Å². The molecule has 0 aromatic heterocycles. The number of hydrogen-bond acceptors (Lipinski definition) is 2. The molecule has 16 heavy (non-hydrogen) atoms. The average Bonchev–Trinajstić information content (AvgIpc) is 2.43. The summed E-state index contributed by atoms with van der Waals surface area (Å²) in [5.74, 6) is -2.36. The van der Waals surface area contributed by atoms with Gasteiger partial charge in [0.25, 0.3) is 0 Å². The Kier molecular flexibility index (Phi) is 2.75. The van der Waals surface area contributed by atoms with E-state index in [1.165, 1.54) is 0 Å². The first-order valence-electron chi connectivity index (χ1n) is 4.45. The summed E-state index contributed by atoms with van der Waals surface area (Å²) in [4.78, 5) is 23.5. The smallest absolute Gasteiger partial charge is 0.235 e. The summed E-state index contributed by atoms with van der Waals surface area (Å²) in [6.07, 6.45) is -0.233. The lowest BCUT2D eigenvalue weighted by atomic mass is 10.2. The maximum absolute atomic E-state index is 13.5. The second-order valence-corrected chi connectivity index (χ2v) is 4.27. The number of Topliss-reactive ketones (excluding diaryl/α,β-unsaturated/α-hetero) is 1. The number of anilines is 1. The molecule has 0 aliphatic carbocycles. The summed E-state index contributed by atoms with van der Waals surface area (Å²) in [5.41, 5.74) is -0.0859. The van der Waals surface area contributed by atoms with Crippen LogP contribution in [0, 0.1) is 11.6 Å². The van der Waals surface area contributed by atoms with Gasteiger partial charge in [-0.25, -0.2) is 8.78 Å². The van der Waals surface area contributed by atoms with Gasteiger partial charge in [0.05, 0.1) is 18.7 Å². The second kappa shape index (κ2) is 3.93. The highest BCUT2D eigenvalue weighted by Gasteiger charge is 2.31. The highest BCUT2D eigenvalue weighted by atomic mass is 79.9. The first-order valence-corrected chi connectivity index (χ1v) is 5.25. The molecule has 1 saturated heterocycles. The third kappa shape index (κ3) is 1.84. The van der Waals surface area contributed by atoms with E-state index in [9.17, 15) is 18.4 Å². The SMILES string of the molecule is O=C1CC(=O)N(c2c(F)cc(F)cc2Br)C1. The van der Waals surface area contributed by atoms with Gasteiger partial charge in [-0.3, -0.25) is 9.59 Å². The number of ketones is 1. The summed E-state index contributed by atoms with van der Waals surface area (Å²) in [7, 11) is 0. The van der Waals surface area contributed by atoms with Gasteiger partial charge in [-0.2, -0.15) is 0 Å². The Morgan fingerprint density at radius 2 is 1.94 bits per heavy atom. The largest absolute Gasteiger partial charge is 0.301 e. The lowest BCUT2D eigenvalue weighted by Crippen LogP contribution is -2.26. The van der Waals surface area contributed by atoms with Crippen molar-refractivity contribution in [2.75, 3.05) is 11.4 Å².